The molecule has 1 aromatic rings. The van der Waals surface area contributed by atoms with E-state index in [0.717, 1.165) is 0 Å². The molecule has 1 aromatic carbocycles. The molecule has 1 fully saturated rings. The van der Waals surface area contributed by atoms with E-state index in [-0.39, 0.29) is 5.54 Å². The molecular formula is C12H17NO. The highest BCUT2D eigenvalue weighted by Crippen LogP contribution is 2.46. The Morgan fingerprint density at radius 2 is 1.79 bits per heavy atom. The zero-order chi connectivity index (χ0) is 10.4. The second kappa shape index (κ2) is 2.81. The summed E-state index contributed by atoms with van der Waals surface area (Å²) in [6.07, 6.45) is 0. The van der Waals surface area contributed by atoms with Crippen molar-refractivity contribution < 1.29 is 5.11 Å². The Morgan fingerprint density at radius 3 is 2.14 bits per heavy atom. The highest BCUT2D eigenvalue weighted by Gasteiger charge is 2.61. The van der Waals surface area contributed by atoms with Crippen LogP contribution in [0.1, 0.15) is 26.3 Å². The first-order valence-corrected chi connectivity index (χ1v) is 5.04. The molecule has 0 bridgehead atoms. The van der Waals surface area contributed by atoms with Crippen molar-refractivity contribution in [3.63, 3.8) is 0 Å². The summed E-state index contributed by atoms with van der Waals surface area (Å²) in [5, 5.41) is 13.5. The molecule has 76 valence electrons. The molecule has 0 spiro atoms. The molecule has 2 nitrogen and oxygen atoms in total. The lowest BCUT2D eigenvalue weighted by molar-refractivity contribution is 0.0329. The van der Waals surface area contributed by atoms with E-state index in [1.165, 1.54) is 5.56 Å². The molecular weight excluding hydrogens is 174 g/mol. The molecule has 2 N–H and O–H groups in total. The predicted molar refractivity (Wildman–Crippen MR) is 57.0 cm³/mol. The maximum absolute atomic E-state index is 10.2. The fourth-order valence-electron chi connectivity index (χ4n) is 2.39. The fourth-order valence-corrected chi connectivity index (χ4v) is 2.39. The van der Waals surface area contributed by atoms with Crippen LogP contribution in [0.25, 0.3) is 0 Å². The van der Waals surface area contributed by atoms with E-state index < -0.39 is 5.60 Å². The van der Waals surface area contributed by atoms with Gasteiger partial charge in [-0.05, 0) is 26.3 Å². The second-order valence-corrected chi connectivity index (χ2v) is 4.60. The van der Waals surface area contributed by atoms with Crippen LogP contribution in [0, 0.1) is 0 Å². The van der Waals surface area contributed by atoms with Crippen LogP contribution in [-0.2, 0) is 5.54 Å². The minimum absolute atomic E-state index is 0.256. The summed E-state index contributed by atoms with van der Waals surface area (Å²) >= 11 is 0. The highest BCUT2D eigenvalue weighted by molar-refractivity contribution is 5.37. The van der Waals surface area contributed by atoms with Crippen LogP contribution in [0.5, 0.6) is 0 Å². The summed E-state index contributed by atoms with van der Waals surface area (Å²) in [6.45, 7) is 5.82. The second-order valence-electron chi connectivity index (χ2n) is 4.60. The first-order chi connectivity index (χ1) is 6.48. The number of nitrogens with one attached hydrogen (secondary N) is 1. The maximum Gasteiger partial charge on any atom is 0.0876 e. The summed E-state index contributed by atoms with van der Waals surface area (Å²) in [6, 6.07) is 10.5. The van der Waals surface area contributed by atoms with Gasteiger partial charge in [0.1, 0.15) is 0 Å². The summed E-state index contributed by atoms with van der Waals surface area (Å²) < 4.78 is 0. The van der Waals surface area contributed by atoms with Gasteiger partial charge in [-0.2, -0.15) is 0 Å². The van der Waals surface area contributed by atoms with Gasteiger partial charge in [0.25, 0.3) is 0 Å². The lowest BCUT2D eigenvalue weighted by atomic mass is 9.81. The topological polar surface area (TPSA) is 42.2 Å². The van der Waals surface area contributed by atoms with Gasteiger partial charge >= 0.3 is 0 Å². The molecule has 1 aliphatic heterocycles. The van der Waals surface area contributed by atoms with Crippen molar-refractivity contribution in [1.29, 1.82) is 0 Å². The molecule has 0 radical (unpaired) electrons. The van der Waals surface area contributed by atoms with Gasteiger partial charge in [0.2, 0.25) is 0 Å². The molecule has 0 saturated carbocycles. The number of hydrogen-bond acceptors (Lipinski definition) is 2. The molecule has 2 rings (SSSR count). The average molecular weight is 191 g/mol. The van der Waals surface area contributed by atoms with E-state index in [1.807, 2.05) is 32.0 Å². The molecule has 0 amide bonds. The van der Waals surface area contributed by atoms with E-state index in [1.54, 1.807) is 0 Å². The minimum atomic E-state index is -0.728. The Morgan fingerprint density at radius 1 is 1.29 bits per heavy atom. The Balaban J connectivity index is 2.42. The molecule has 14 heavy (non-hydrogen) atoms. The van der Waals surface area contributed by atoms with Crippen LogP contribution in [-0.4, -0.2) is 16.7 Å². The van der Waals surface area contributed by atoms with E-state index in [4.69, 9.17) is 0 Å². The third-order valence-corrected chi connectivity index (χ3v) is 3.20. The van der Waals surface area contributed by atoms with Gasteiger partial charge in [-0.3, -0.25) is 5.32 Å². The summed E-state index contributed by atoms with van der Waals surface area (Å²) in [4.78, 5) is 0. The molecule has 1 heterocycles. The average Bonchev–Trinajstić information content (AvgIpc) is 2.79. The highest BCUT2D eigenvalue weighted by atomic mass is 16.3. The first-order valence-electron chi connectivity index (χ1n) is 5.04. The molecule has 2 unspecified atom stereocenters. The van der Waals surface area contributed by atoms with E-state index >= 15 is 0 Å². The Hall–Kier alpha value is -0.860. The largest absolute Gasteiger partial charge is 0.388 e. The summed E-state index contributed by atoms with van der Waals surface area (Å²) in [5.74, 6) is 0. The standard InChI is InChI=1S/C12H17NO/c1-9-12(13-9,11(2,3)14)10-7-5-4-6-8-10/h4-9,13-14H,1-3H3. The van der Waals surface area contributed by atoms with Crippen LogP contribution in [0.3, 0.4) is 0 Å². The zero-order valence-electron chi connectivity index (χ0n) is 8.91. The van der Waals surface area contributed by atoms with E-state index in [0.29, 0.717) is 6.04 Å². The third-order valence-electron chi connectivity index (χ3n) is 3.20. The van der Waals surface area contributed by atoms with E-state index in [2.05, 4.69) is 24.4 Å². The normalized spacial score (nSPS) is 31.6. The van der Waals surface area contributed by atoms with Crippen LogP contribution >= 0.6 is 0 Å². The SMILES string of the molecule is CC1NC1(c1ccccc1)C(C)(C)O. The van der Waals surface area contributed by atoms with Gasteiger partial charge < -0.3 is 5.11 Å². The molecule has 0 aromatic heterocycles. The predicted octanol–water partition coefficient (Wildman–Crippen LogP) is 1.64. The van der Waals surface area contributed by atoms with Crippen molar-refractivity contribution in [3.8, 4) is 0 Å². The number of benzene rings is 1. The van der Waals surface area contributed by atoms with Gasteiger partial charge in [-0.25, -0.2) is 0 Å². The van der Waals surface area contributed by atoms with Crippen LogP contribution in [0.4, 0.5) is 0 Å². The quantitative estimate of drug-likeness (QED) is 0.698. The number of aliphatic hydroxyl groups is 1. The lowest BCUT2D eigenvalue weighted by Gasteiger charge is -2.29. The van der Waals surface area contributed by atoms with Gasteiger partial charge in [0.15, 0.2) is 0 Å². The molecule has 2 heteroatoms. The van der Waals surface area contributed by atoms with Crippen molar-refractivity contribution in [2.45, 2.75) is 38.0 Å². The maximum atomic E-state index is 10.2. The fraction of sp³-hybridized carbons (Fsp3) is 0.500. The number of hydrogen-bond donors (Lipinski definition) is 2. The van der Waals surface area contributed by atoms with Gasteiger partial charge in [-0.1, -0.05) is 30.3 Å². The summed E-state index contributed by atoms with van der Waals surface area (Å²) in [7, 11) is 0. The lowest BCUT2D eigenvalue weighted by Crippen LogP contribution is -2.40. The van der Waals surface area contributed by atoms with Gasteiger partial charge in [0.05, 0.1) is 11.1 Å². The van der Waals surface area contributed by atoms with Crippen molar-refractivity contribution >= 4 is 0 Å². The van der Waals surface area contributed by atoms with Crippen molar-refractivity contribution in [2.75, 3.05) is 0 Å². The van der Waals surface area contributed by atoms with E-state index in [9.17, 15) is 5.11 Å². The van der Waals surface area contributed by atoms with Crippen LogP contribution in [0.15, 0.2) is 30.3 Å². The molecule has 1 saturated heterocycles. The Labute approximate surface area is 85.0 Å². The van der Waals surface area contributed by atoms with Crippen molar-refractivity contribution in [1.82, 2.24) is 5.32 Å². The van der Waals surface area contributed by atoms with Gasteiger partial charge in [-0.15, -0.1) is 0 Å². The van der Waals surface area contributed by atoms with Crippen molar-refractivity contribution in [2.24, 2.45) is 0 Å². The molecule has 2 atom stereocenters. The van der Waals surface area contributed by atoms with Crippen LogP contribution < -0.4 is 5.32 Å². The first kappa shape index (κ1) is 9.69. The number of rotatable bonds is 2. The molecule has 1 aliphatic rings. The summed E-state index contributed by atoms with van der Waals surface area (Å²) in [5.41, 5.74) is 0.183. The van der Waals surface area contributed by atoms with Crippen molar-refractivity contribution in [3.05, 3.63) is 35.9 Å². The zero-order valence-corrected chi connectivity index (χ0v) is 8.91. The van der Waals surface area contributed by atoms with Crippen LogP contribution in [0.2, 0.25) is 0 Å². The smallest absolute Gasteiger partial charge is 0.0876 e. The monoisotopic (exact) mass is 191 g/mol. The Kier molecular flexibility index (Phi) is 1.95. The third kappa shape index (κ3) is 1.18. The van der Waals surface area contributed by atoms with Gasteiger partial charge in [0, 0.05) is 6.04 Å². The Bertz CT molecular complexity index is 328. The molecule has 0 aliphatic carbocycles. The minimum Gasteiger partial charge on any atom is -0.388 e.